The van der Waals surface area contributed by atoms with Crippen molar-refractivity contribution in [2.75, 3.05) is 14.2 Å². The lowest BCUT2D eigenvalue weighted by molar-refractivity contribution is -0.247. The second-order valence-corrected chi connectivity index (χ2v) is 7.29. The van der Waals surface area contributed by atoms with Crippen LogP contribution in [0.2, 0.25) is 0 Å². The highest BCUT2D eigenvalue weighted by molar-refractivity contribution is 5.13. The molecule has 0 aromatic rings. The van der Waals surface area contributed by atoms with E-state index in [4.69, 9.17) is 9.47 Å². The molecule has 0 amide bonds. The summed E-state index contributed by atoms with van der Waals surface area (Å²) in [6.45, 7) is 8.37. The van der Waals surface area contributed by atoms with Gasteiger partial charge in [-0.25, -0.2) is 0 Å². The standard InChI is InChI=1S/C16H29NO3/c1-14(2,3)12-7-9-16(11-17,10-8-12)15(4,18)13(19-5)20-6/h12-13,18H,7-10H2,1-6H3. The lowest BCUT2D eigenvalue weighted by atomic mass is 9.59. The van der Waals surface area contributed by atoms with Gasteiger partial charge in [-0.3, -0.25) is 0 Å². The fraction of sp³-hybridized carbons (Fsp3) is 0.938. The summed E-state index contributed by atoms with van der Waals surface area (Å²) in [5.74, 6) is 0.586. The zero-order chi connectivity index (χ0) is 15.6. The molecule has 0 radical (unpaired) electrons. The molecule has 0 heterocycles. The lowest BCUT2D eigenvalue weighted by Gasteiger charge is -2.48. The van der Waals surface area contributed by atoms with Gasteiger partial charge in [0.1, 0.15) is 5.60 Å². The van der Waals surface area contributed by atoms with E-state index in [0.29, 0.717) is 18.8 Å². The SMILES string of the molecule is COC(OC)C(C)(O)C1(C#N)CCC(C(C)(C)C)CC1. The Kier molecular flexibility index (Phi) is 5.23. The Balaban J connectivity index is 2.95. The highest BCUT2D eigenvalue weighted by atomic mass is 16.7. The lowest BCUT2D eigenvalue weighted by Crippen LogP contribution is -2.56. The highest BCUT2D eigenvalue weighted by Crippen LogP contribution is 2.51. The predicted molar refractivity (Wildman–Crippen MR) is 77.9 cm³/mol. The number of aliphatic hydroxyl groups is 1. The van der Waals surface area contributed by atoms with Crippen LogP contribution in [0.25, 0.3) is 0 Å². The van der Waals surface area contributed by atoms with Crippen molar-refractivity contribution in [3.05, 3.63) is 0 Å². The number of nitriles is 1. The Morgan fingerprint density at radius 2 is 1.60 bits per heavy atom. The van der Waals surface area contributed by atoms with E-state index in [2.05, 4.69) is 26.8 Å². The van der Waals surface area contributed by atoms with Crippen LogP contribution in [0, 0.1) is 28.1 Å². The van der Waals surface area contributed by atoms with Crippen LogP contribution in [0.15, 0.2) is 0 Å². The fourth-order valence-corrected chi connectivity index (χ4v) is 3.49. The molecule has 4 heteroatoms. The molecule has 1 saturated carbocycles. The van der Waals surface area contributed by atoms with Crippen molar-refractivity contribution < 1.29 is 14.6 Å². The number of hydrogen-bond donors (Lipinski definition) is 1. The van der Waals surface area contributed by atoms with Gasteiger partial charge in [-0.05, 0) is 43.9 Å². The third kappa shape index (κ3) is 3.00. The Morgan fingerprint density at radius 3 is 1.90 bits per heavy atom. The van der Waals surface area contributed by atoms with Crippen LogP contribution in [0.4, 0.5) is 0 Å². The van der Waals surface area contributed by atoms with E-state index in [-0.39, 0.29) is 5.41 Å². The third-order valence-electron chi connectivity index (χ3n) is 5.13. The van der Waals surface area contributed by atoms with Crippen molar-refractivity contribution in [3.63, 3.8) is 0 Å². The summed E-state index contributed by atoms with van der Waals surface area (Å²) in [4.78, 5) is 0. The van der Waals surface area contributed by atoms with Gasteiger partial charge < -0.3 is 14.6 Å². The molecule has 0 aromatic heterocycles. The van der Waals surface area contributed by atoms with Crippen LogP contribution in [0.5, 0.6) is 0 Å². The molecular weight excluding hydrogens is 254 g/mol. The summed E-state index contributed by atoms with van der Waals surface area (Å²) >= 11 is 0. The first-order valence-electron chi connectivity index (χ1n) is 7.34. The van der Waals surface area contributed by atoms with Crippen LogP contribution < -0.4 is 0 Å². The molecule has 1 rings (SSSR count). The molecule has 1 aliphatic carbocycles. The van der Waals surface area contributed by atoms with E-state index in [1.54, 1.807) is 6.92 Å². The topological polar surface area (TPSA) is 62.5 Å². The summed E-state index contributed by atoms with van der Waals surface area (Å²) in [6, 6.07) is 2.37. The molecule has 0 spiro atoms. The van der Waals surface area contributed by atoms with Gasteiger partial charge in [-0.1, -0.05) is 20.8 Å². The van der Waals surface area contributed by atoms with E-state index >= 15 is 0 Å². The fourth-order valence-electron chi connectivity index (χ4n) is 3.49. The molecule has 1 unspecified atom stereocenters. The van der Waals surface area contributed by atoms with Crippen molar-refractivity contribution >= 4 is 0 Å². The zero-order valence-corrected chi connectivity index (χ0v) is 13.7. The molecule has 1 fully saturated rings. The number of hydrogen-bond acceptors (Lipinski definition) is 4. The molecule has 0 aliphatic heterocycles. The van der Waals surface area contributed by atoms with Crippen LogP contribution in [-0.2, 0) is 9.47 Å². The van der Waals surface area contributed by atoms with Gasteiger partial charge in [0.05, 0.1) is 11.5 Å². The largest absolute Gasteiger partial charge is 0.383 e. The third-order valence-corrected chi connectivity index (χ3v) is 5.13. The molecule has 1 atom stereocenters. The van der Waals surface area contributed by atoms with Gasteiger partial charge in [0, 0.05) is 14.2 Å². The zero-order valence-electron chi connectivity index (χ0n) is 13.7. The van der Waals surface area contributed by atoms with Crippen LogP contribution in [-0.4, -0.2) is 31.2 Å². The monoisotopic (exact) mass is 283 g/mol. The van der Waals surface area contributed by atoms with E-state index in [1.165, 1.54) is 14.2 Å². The average molecular weight is 283 g/mol. The van der Waals surface area contributed by atoms with Gasteiger partial charge in [0.25, 0.3) is 0 Å². The van der Waals surface area contributed by atoms with Crippen LogP contribution in [0.3, 0.4) is 0 Å². The maximum absolute atomic E-state index is 10.9. The number of rotatable bonds is 4. The minimum absolute atomic E-state index is 0.245. The van der Waals surface area contributed by atoms with E-state index in [0.717, 1.165) is 12.8 Å². The molecule has 1 N–H and O–H groups in total. The smallest absolute Gasteiger partial charge is 0.186 e. The van der Waals surface area contributed by atoms with Gasteiger partial charge in [0.15, 0.2) is 6.29 Å². The summed E-state index contributed by atoms with van der Waals surface area (Å²) in [6.07, 6.45) is 2.48. The molecule has 116 valence electrons. The van der Waals surface area contributed by atoms with E-state index in [9.17, 15) is 10.4 Å². The summed E-state index contributed by atoms with van der Waals surface area (Å²) in [7, 11) is 2.99. The van der Waals surface area contributed by atoms with Crippen LogP contribution in [0.1, 0.15) is 53.4 Å². The predicted octanol–water partition coefficient (Wildman–Crippen LogP) is 3.10. The summed E-state index contributed by atoms with van der Waals surface area (Å²) in [5.41, 5.74) is -1.87. The summed E-state index contributed by atoms with van der Waals surface area (Å²) in [5, 5.41) is 20.6. The molecule has 1 aliphatic rings. The first-order chi connectivity index (χ1) is 9.14. The second kappa shape index (κ2) is 6.01. The Bertz CT molecular complexity index is 353. The number of methoxy groups -OCH3 is 2. The number of nitrogens with zero attached hydrogens (tertiary/aromatic N) is 1. The second-order valence-electron chi connectivity index (χ2n) is 7.29. The van der Waals surface area contributed by atoms with Crippen molar-refractivity contribution in [1.82, 2.24) is 0 Å². The van der Waals surface area contributed by atoms with Crippen LogP contribution >= 0.6 is 0 Å². The normalized spacial score (nSPS) is 30.9. The average Bonchev–Trinajstić information content (AvgIpc) is 2.38. The van der Waals surface area contributed by atoms with Gasteiger partial charge in [-0.2, -0.15) is 5.26 Å². The van der Waals surface area contributed by atoms with Gasteiger partial charge >= 0.3 is 0 Å². The molecular formula is C16H29NO3. The van der Waals surface area contributed by atoms with Gasteiger partial charge in [-0.15, -0.1) is 0 Å². The van der Waals surface area contributed by atoms with Gasteiger partial charge in [0.2, 0.25) is 0 Å². The Morgan fingerprint density at radius 1 is 1.15 bits per heavy atom. The first-order valence-corrected chi connectivity index (χ1v) is 7.34. The van der Waals surface area contributed by atoms with Crippen molar-refractivity contribution in [2.24, 2.45) is 16.7 Å². The minimum atomic E-state index is -1.31. The van der Waals surface area contributed by atoms with Crippen molar-refractivity contribution in [2.45, 2.75) is 65.3 Å². The van der Waals surface area contributed by atoms with Crippen molar-refractivity contribution in [3.8, 4) is 6.07 Å². The Labute approximate surface area is 123 Å². The van der Waals surface area contributed by atoms with Crippen molar-refractivity contribution in [1.29, 1.82) is 5.26 Å². The molecule has 20 heavy (non-hydrogen) atoms. The number of ether oxygens (including phenoxy) is 2. The molecule has 0 aromatic carbocycles. The van der Waals surface area contributed by atoms with E-state index in [1.807, 2.05) is 0 Å². The van der Waals surface area contributed by atoms with E-state index < -0.39 is 17.3 Å². The first kappa shape index (κ1) is 17.4. The molecule has 0 saturated heterocycles. The quantitative estimate of drug-likeness (QED) is 0.805. The molecule has 0 bridgehead atoms. The maximum atomic E-state index is 10.9. The maximum Gasteiger partial charge on any atom is 0.186 e. The summed E-state index contributed by atoms with van der Waals surface area (Å²) < 4.78 is 10.4. The minimum Gasteiger partial charge on any atom is -0.383 e. The highest BCUT2D eigenvalue weighted by Gasteiger charge is 2.55. The molecule has 4 nitrogen and oxygen atoms in total. The Hall–Kier alpha value is -0.630.